The molecular formula is C18H27N3O2S2. The first-order valence-corrected chi connectivity index (χ1v) is 10.7. The first-order valence-electron chi connectivity index (χ1n) is 8.86. The summed E-state index contributed by atoms with van der Waals surface area (Å²) in [5.74, 6) is 0.762. The van der Waals surface area contributed by atoms with E-state index in [0.717, 1.165) is 31.4 Å². The molecule has 0 aliphatic carbocycles. The molecule has 2 rings (SSSR count). The van der Waals surface area contributed by atoms with Crippen molar-refractivity contribution in [3.05, 3.63) is 21.8 Å². The largest absolute Gasteiger partial charge is 0.342 e. The third-order valence-corrected chi connectivity index (χ3v) is 5.77. The first-order chi connectivity index (χ1) is 12.0. The standard InChI is InChI=1S/C18H27N3O2S2/c1-5-7-9-20(6-2)15(22)12-25-18-19-14-8-10-24-16(14)17(23)21(18)11-13(3)4/h8,10,13H,5-7,9,11-12H2,1-4H3. The second-order valence-electron chi connectivity index (χ2n) is 6.45. The molecule has 0 aromatic carbocycles. The number of rotatable bonds is 9. The maximum Gasteiger partial charge on any atom is 0.272 e. The molecule has 25 heavy (non-hydrogen) atoms. The van der Waals surface area contributed by atoms with Crippen LogP contribution in [0, 0.1) is 5.92 Å². The van der Waals surface area contributed by atoms with E-state index in [4.69, 9.17) is 0 Å². The Morgan fingerprint density at radius 2 is 2.16 bits per heavy atom. The Bertz CT molecular complexity index is 767. The molecule has 1 amide bonds. The van der Waals surface area contributed by atoms with Crippen LogP contribution in [0.4, 0.5) is 0 Å². The number of hydrogen-bond acceptors (Lipinski definition) is 5. The van der Waals surface area contributed by atoms with E-state index in [9.17, 15) is 9.59 Å². The lowest BCUT2D eigenvalue weighted by Crippen LogP contribution is -2.33. The van der Waals surface area contributed by atoms with E-state index in [1.807, 2.05) is 23.3 Å². The van der Waals surface area contributed by atoms with Gasteiger partial charge in [-0.1, -0.05) is 39.0 Å². The fraction of sp³-hybridized carbons (Fsp3) is 0.611. The topological polar surface area (TPSA) is 55.2 Å². The molecule has 138 valence electrons. The minimum Gasteiger partial charge on any atom is -0.342 e. The molecule has 0 atom stereocenters. The Balaban J connectivity index is 2.21. The zero-order valence-corrected chi connectivity index (χ0v) is 17.1. The van der Waals surface area contributed by atoms with Gasteiger partial charge >= 0.3 is 0 Å². The predicted octanol–water partition coefficient (Wildman–Crippen LogP) is 3.85. The Kier molecular flexibility index (Phi) is 7.50. The zero-order chi connectivity index (χ0) is 18.4. The lowest BCUT2D eigenvalue weighted by Gasteiger charge is -2.21. The normalized spacial score (nSPS) is 11.4. The van der Waals surface area contributed by atoms with Crippen molar-refractivity contribution in [2.75, 3.05) is 18.8 Å². The second kappa shape index (κ2) is 9.38. The number of nitrogens with zero attached hydrogens (tertiary/aromatic N) is 3. The predicted molar refractivity (Wildman–Crippen MR) is 107 cm³/mol. The number of fused-ring (bicyclic) bond motifs is 1. The summed E-state index contributed by atoms with van der Waals surface area (Å²) in [4.78, 5) is 31.7. The van der Waals surface area contributed by atoms with Gasteiger partial charge in [0.25, 0.3) is 5.56 Å². The molecule has 2 aromatic rings. The van der Waals surface area contributed by atoms with Gasteiger partial charge in [0.1, 0.15) is 4.70 Å². The molecule has 0 fully saturated rings. The van der Waals surface area contributed by atoms with E-state index in [2.05, 4.69) is 25.8 Å². The number of thiophene rings is 1. The van der Waals surface area contributed by atoms with Crippen molar-refractivity contribution in [3.63, 3.8) is 0 Å². The molecule has 5 nitrogen and oxygen atoms in total. The van der Waals surface area contributed by atoms with Crippen LogP contribution in [0.5, 0.6) is 0 Å². The number of carbonyl (C=O) groups is 1. The summed E-state index contributed by atoms with van der Waals surface area (Å²) in [6.07, 6.45) is 2.09. The molecule has 0 aliphatic heterocycles. The maximum absolute atomic E-state index is 12.7. The van der Waals surface area contributed by atoms with Crippen molar-refractivity contribution in [1.82, 2.24) is 14.5 Å². The molecule has 0 spiro atoms. The van der Waals surface area contributed by atoms with Gasteiger partial charge in [0.05, 0.1) is 11.3 Å². The molecule has 0 aliphatic rings. The van der Waals surface area contributed by atoms with E-state index in [-0.39, 0.29) is 11.5 Å². The van der Waals surface area contributed by atoms with Crippen LogP contribution >= 0.6 is 23.1 Å². The van der Waals surface area contributed by atoms with Gasteiger partial charge in [-0.25, -0.2) is 4.98 Å². The number of hydrogen-bond donors (Lipinski definition) is 0. The third-order valence-electron chi connectivity index (χ3n) is 3.92. The monoisotopic (exact) mass is 381 g/mol. The smallest absolute Gasteiger partial charge is 0.272 e. The summed E-state index contributed by atoms with van der Waals surface area (Å²) >= 11 is 2.80. The summed E-state index contributed by atoms with van der Waals surface area (Å²) in [5.41, 5.74) is 0.727. The second-order valence-corrected chi connectivity index (χ2v) is 8.31. The van der Waals surface area contributed by atoms with Crippen molar-refractivity contribution in [1.29, 1.82) is 0 Å². The van der Waals surface area contributed by atoms with E-state index >= 15 is 0 Å². The molecule has 0 N–H and O–H groups in total. The van der Waals surface area contributed by atoms with Crippen LogP contribution in [0.15, 0.2) is 21.4 Å². The van der Waals surface area contributed by atoms with Crippen LogP contribution in [0.25, 0.3) is 10.2 Å². The van der Waals surface area contributed by atoms with E-state index in [0.29, 0.717) is 28.1 Å². The molecule has 0 saturated carbocycles. The third kappa shape index (κ3) is 5.07. The Labute approximate surface area is 157 Å². The highest BCUT2D eigenvalue weighted by atomic mass is 32.2. The molecule has 0 bridgehead atoms. The minimum atomic E-state index is 0.00183. The number of amides is 1. The molecule has 0 unspecified atom stereocenters. The Morgan fingerprint density at radius 1 is 1.40 bits per heavy atom. The van der Waals surface area contributed by atoms with Crippen LogP contribution in [-0.2, 0) is 11.3 Å². The van der Waals surface area contributed by atoms with Gasteiger partial charge in [-0.05, 0) is 30.7 Å². The zero-order valence-electron chi connectivity index (χ0n) is 15.4. The lowest BCUT2D eigenvalue weighted by atomic mass is 10.2. The summed E-state index contributed by atoms with van der Waals surface area (Å²) in [5, 5.41) is 2.53. The van der Waals surface area contributed by atoms with Crippen molar-refractivity contribution in [2.24, 2.45) is 5.92 Å². The molecule has 0 radical (unpaired) electrons. The number of thioether (sulfide) groups is 1. The number of unbranched alkanes of at least 4 members (excludes halogenated alkanes) is 1. The SMILES string of the molecule is CCCCN(CC)C(=O)CSc1nc2ccsc2c(=O)n1CC(C)C. The van der Waals surface area contributed by atoms with Crippen molar-refractivity contribution >= 4 is 39.2 Å². The van der Waals surface area contributed by atoms with E-state index in [1.54, 1.807) is 4.57 Å². The van der Waals surface area contributed by atoms with Gasteiger partial charge in [-0.3, -0.25) is 14.2 Å². The van der Waals surface area contributed by atoms with Crippen molar-refractivity contribution in [2.45, 2.75) is 52.2 Å². The highest BCUT2D eigenvalue weighted by molar-refractivity contribution is 7.99. The molecular weight excluding hydrogens is 354 g/mol. The highest BCUT2D eigenvalue weighted by Gasteiger charge is 2.17. The van der Waals surface area contributed by atoms with Gasteiger partial charge < -0.3 is 4.90 Å². The summed E-state index contributed by atoms with van der Waals surface area (Å²) in [6.45, 7) is 10.4. The first kappa shape index (κ1) is 20.0. The van der Waals surface area contributed by atoms with Crippen LogP contribution in [0.1, 0.15) is 40.5 Å². The summed E-state index contributed by atoms with van der Waals surface area (Å²) < 4.78 is 2.42. The quantitative estimate of drug-likeness (QED) is 0.489. The Morgan fingerprint density at radius 3 is 2.80 bits per heavy atom. The van der Waals surface area contributed by atoms with Crippen LogP contribution < -0.4 is 5.56 Å². The van der Waals surface area contributed by atoms with Gasteiger partial charge in [-0.15, -0.1) is 11.3 Å². The average Bonchev–Trinajstić information content (AvgIpc) is 3.05. The Hall–Kier alpha value is -1.34. The minimum absolute atomic E-state index is 0.00183. The number of carbonyl (C=O) groups excluding carboxylic acids is 1. The fourth-order valence-electron chi connectivity index (χ4n) is 2.59. The average molecular weight is 382 g/mol. The molecule has 0 saturated heterocycles. The lowest BCUT2D eigenvalue weighted by molar-refractivity contribution is -0.128. The van der Waals surface area contributed by atoms with Crippen molar-refractivity contribution in [3.8, 4) is 0 Å². The molecule has 7 heteroatoms. The highest BCUT2D eigenvalue weighted by Crippen LogP contribution is 2.22. The number of aromatic nitrogens is 2. The van der Waals surface area contributed by atoms with Gasteiger partial charge in [0, 0.05) is 19.6 Å². The van der Waals surface area contributed by atoms with Crippen LogP contribution in [-0.4, -0.2) is 39.2 Å². The van der Waals surface area contributed by atoms with Crippen molar-refractivity contribution < 1.29 is 4.79 Å². The summed E-state index contributed by atoms with van der Waals surface area (Å²) in [7, 11) is 0. The van der Waals surface area contributed by atoms with E-state index in [1.165, 1.54) is 23.1 Å². The van der Waals surface area contributed by atoms with Crippen LogP contribution in [0.3, 0.4) is 0 Å². The van der Waals surface area contributed by atoms with Gasteiger partial charge in [0.15, 0.2) is 5.16 Å². The van der Waals surface area contributed by atoms with Gasteiger partial charge in [-0.2, -0.15) is 0 Å². The maximum atomic E-state index is 12.7. The summed E-state index contributed by atoms with van der Waals surface area (Å²) in [6, 6.07) is 1.87. The van der Waals surface area contributed by atoms with Gasteiger partial charge in [0.2, 0.25) is 5.91 Å². The fourth-order valence-corrected chi connectivity index (χ4v) is 4.28. The van der Waals surface area contributed by atoms with Crippen LogP contribution in [0.2, 0.25) is 0 Å². The molecule has 2 aromatic heterocycles. The molecule has 2 heterocycles. The van der Waals surface area contributed by atoms with E-state index < -0.39 is 0 Å².